The van der Waals surface area contributed by atoms with Crippen molar-refractivity contribution in [3.63, 3.8) is 0 Å². The predicted molar refractivity (Wildman–Crippen MR) is 88.7 cm³/mol. The molecule has 2 aromatic rings. The second-order valence-electron chi connectivity index (χ2n) is 4.59. The average Bonchev–Trinajstić information content (AvgIpc) is 2.55. The molecule has 0 saturated heterocycles. The van der Waals surface area contributed by atoms with Crippen LogP contribution < -0.4 is 10.1 Å². The zero-order valence-corrected chi connectivity index (χ0v) is 13.5. The van der Waals surface area contributed by atoms with Crippen molar-refractivity contribution < 1.29 is 14.3 Å². The highest BCUT2D eigenvalue weighted by Gasteiger charge is 2.03. The molecule has 4 nitrogen and oxygen atoms in total. The molecule has 0 radical (unpaired) electrons. The van der Waals surface area contributed by atoms with Crippen LogP contribution in [0.5, 0.6) is 5.75 Å². The van der Waals surface area contributed by atoms with Crippen molar-refractivity contribution >= 4 is 23.4 Å². The van der Waals surface area contributed by atoms with Crippen molar-refractivity contribution in [3.8, 4) is 5.75 Å². The van der Waals surface area contributed by atoms with E-state index in [1.807, 2.05) is 48.5 Å². The monoisotopic (exact) mass is 317 g/mol. The molecule has 2 rings (SSSR count). The minimum absolute atomic E-state index is 0.0441. The molecule has 0 unspecified atom stereocenters. The van der Waals surface area contributed by atoms with Gasteiger partial charge in [0.1, 0.15) is 5.75 Å². The highest BCUT2D eigenvalue weighted by molar-refractivity contribution is 7.99. The van der Waals surface area contributed by atoms with Crippen molar-refractivity contribution in [3.05, 3.63) is 48.5 Å². The molecule has 0 fully saturated rings. The molecule has 0 spiro atoms. The number of anilines is 1. The molecule has 22 heavy (non-hydrogen) atoms. The van der Waals surface area contributed by atoms with Gasteiger partial charge in [-0.2, -0.15) is 0 Å². The Bertz CT molecular complexity index is 596. The molecule has 5 heteroatoms. The lowest BCUT2D eigenvalue weighted by Gasteiger charge is -2.07. The maximum Gasteiger partial charge on any atom is 0.226 e. The molecule has 0 atom stereocenters. The van der Waals surface area contributed by atoms with Gasteiger partial charge in [0.05, 0.1) is 20.1 Å². The van der Waals surface area contributed by atoms with E-state index in [4.69, 9.17) is 9.47 Å². The Labute approximate surface area is 134 Å². The van der Waals surface area contributed by atoms with Gasteiger partial charge < -0.3 is 14.8 Å². The fraction of sp³-hybridized carbons (Fsp3) is 0.235. The van der Waals surface area contributed by atoms with Gasteiger partial charge in [-0.3, -0.25) is 4.79 Å². The first-order valence-electron chi connectivity index (χ1n) is 6.92. The normalized spacial score (nSPS) is 10.3. The molecule has 0 aliphatic heterocycles. The summed E-state index contributed by atoms with van der Waals surface area (Å²) in [6.45, 7) is 0.428. The standard InChI is InChI=1S/C17H19NO3S/c1-20-12-11-17(19)18-13-3-7-15(8-4-13)22-16-9-5-14(21-2)6-10-16/h3-10H,11-12H2,1-2H3,(H,18,19). The molecule has 0 heterocycles. The lowest BCUT2D eigenvalue weighted by atomic mass is 10.3. The van der Waals surface area contributed by atoms with E-state index in [2.05, 4.69) is 5.32 Å². The van der Waals surface area contributed by atoms with Crippen LogP contribution in [-0.2, 0) is 9.53 Å². The average molecular weight is 317 g/mol. The maximum absolute atomic E-state index is 11.6. The van der Waals surface area contributed by atoms with Crippen LogP contribution in [0, 0.1) is 0 Å². The molecule has 0 aromatic heterocycles. The second-order valence-corrected chi connectivity index (χ2v) is 5.74. The summed E-state index contributed by atoms with van der Waals surface area (Å²) < 4.78 is 10.0. The predicted octanol–water partition coefficient (Wildman–Crippen LogP) is 3.82. The van der Waals surface area contributed by atoms with Crippen LogP contribution in [0.15, 0.2) is 58.3 Å². The molecule has 2 aromatic carbocycles. The van der Waals surface area contributed by atoms with E-state index < -0.39 is 0 Å². The Balaban J connectivity index is 1.92. The first-order valence-corrected chi connectivity index (χ1v) is 7.73. The smallest absolute Gasteiger partial charge is 0.226 e. The zero-order valence-electron chi connectivity index (χ0n) is 12.7. The van der Waals surface area contributed by atoms with Crippen molar-refractivity contribution in [2.75, 3.05) is 26.1 Å². The molecule has 0 aliphatic carbocycles. The molecular formula is C17H19NO3S. The summed E-state index contributed by atoms with van der Waals surface area (Å²) in [6.07, 6.45) is 0.360. The molecular weight excluding hydrogens is 298 g/mol. The van der Waals surface area contributed by atoms with Crippen LogP contribution in [0.3, 0.4) is 0 Å². The van der Waals surface area contributed by atoms with Gasteiger partial charge in [0.15, 0.2) is 0 Å². The highest BCUT2D eigenvalue weighted by atomic mass is 32.2. The van der Waals surface area contributed by atoms with Gasteiger partial charge in [0, 0.05) is 22.6 Å². The number of methoxy groups -OCH3 is 2. The van der Waals surface area contributed by atoms with Crippen molar-refractivity contribution in [1.82, 2.24) is 0 Å². The van der Waals surface area contributed by atoms with Crippen LogP contribution in [0.1, 0.15) is 6.42 Å². The SMILES string of the molecule is COCCC(=O)Nc1ccc(Sc2ccc(OC)cc2)cc1. The van der Waals surface area contributed by atoms with Gasteiger partial charge in [-0.05, 0) is 48.5 Å². The fourth-order valence-electron chi connectivity index (χ4n) is 1.80. The Hall–Kier alpha value is -1.98. The van der Waals surface area contributed by atoms with Gasteiger partial charge in [-0.15, -0.1) is 0 Å². The number of hydrogen-bond acceptors (Lipinski definition) is 4. The summed E-state index contributed by atoms with van der Waals surface area (Å²) in [5.74, 6) is 0.802. The number of rotatable bonds is 7. The third kappa shape index (κ3) is 5.09. The summed E-state index contributed by atoms with van der Waals surface area (Å²) in [7, 11) is 3.24. The van der Waals surface area contributed by atoms with Gasteiger partial charge in [-0.1, -0.05) is 11.8 Å². The topological polar surface area (TPSA) is 47.6 Å². The summed E-state index contributed by atoms with van der Waals surface area (Å²) in [5.41, 5.74) is 0.792. The van der Waals surface area contributed by atoms with E-state index >= 15 is 0 Å². The van der Waals surface area contributed by atoms with E-state index in [-0.39, 0.29) is 5.91 Å². The van der Waals surface area contributed by atoms with Crippen LogP contribution in [0.2, 0.25) is 0 Å². The van der Waals surface area contributed by atoms with Crippen molar-refractivity contribution in [2.24, 2.45) is 0 Å². The largest absolute Gasteiger partial charge is 0.497 e. The minimum Gasteiger partial charge on any atom is -0.497 e. The quantitative estimate of drug-likeness (QED) is 0.843. The fourth-order valence-corrected chi connectivity index (χ4v) is 2.62. The number of nitrogens with one attached hydrogen (secondary N) is 1. The second kappa shape index (κ2) is 8.46. The number of carbonyl (C=O) groups excluding carboxylic acids is 1. The molecule has 0 saturated carbocycles. The van der Waals surface area contributed by atoms with Gasteiger partial charge in [-0.25, -0.2) is 0 Å². The Morgan fingerprint density at radius 2 is 1.59 bits per heavy atom. The first kappa shape index (κ1) is 16.4. The lowest BCUT2D eigenvalue weighted by Crippen LogP contribution is -2.13. The summed E-state index contributed by atoms with van der Waals surface area (Å²) in [6, 6.07) is 15.7. The molecule has 116 valence electrons. The Kier molecular flexibility index (Phi) is 6.30. The summed E-state index contributed by atoms with van der Waals surface area (Å²) in [5, 5.41) is 2.84. The minimum atomic E-state index is -0.0441. The zero-order chi connectivity index (χ0) is 15.8. The molecule has 0 bridgehead atoms. The van der Waals surface area contributed by atoms with E-state index in [9.17, 15) is 4.79 Å². The van der Waals surface area contributed by atoms with Crippen LogP contribution in [-0.4, -0.2) is 26.7 Å². The number of benzene rings is 2. The highest BCUT2D eigenvalue weighted by Crippen LogP contribution is 2.29. The van der Waals surface area contributed by atoms with E-state index in [0.717, 1.165) is 21.2 Å². The van der Waals surface area contributed by atoms with Crippen LogP contribution in [0.4, 0.5) is 5.69 Å². The van der Waals surface area contributed by atoms with E-state index in [0.29, 0.717) is 13.0 Å². The number of carbonyl (C=O) groups is 1. The van der Waals surface area contributed by atoms with Gasteiger partial charge in [0.25, 0.3) is 0 Å². The van der Waals surface area contributed by atoms with Crippen LogP contribution >= 0.6 is 11.8 Å². The van der Waals surface area contributed by atoms with Crippen LogP contribution in [0.25, 0.3) is 0 Å². The number of amides is 1. The summed E-state index contributed by atoms with van der Waals surface area (Å²) >= 11 is 1.66. The third-order valence-corrected chi connectivity index (χ3v) is 3.98. The Morgan fingerprint density at radius 1 is 1.00 bits per heavy atom. The Morgan fingerprint density at radius 3 is 2.14 bits per heavy atom. The molecule has 1 N–H and O–H groups in total. The van der Waals surface area contributed by atoms with E-state index in [1.54, 1.807) is 26.0 Å². The lowest BCUT2D eigenvalue weighted by molar-refractivity contribution is -0.117. The van der Waals surface area contributed by atoms with Gasteiger partial charge in [0.2, 0.25) is 5.91 Å². The van der Waals surface area contributed by atoms with E-state index in [1.165, 1.54) is 0 Å². The van der Waals surface area contributed by atoms with Gasteiger partial charge >= 0.3 is 0 Å². The van der Waals surface area contributed by atoms with Crippen molar-refractivity contribution in [2.45, 2.75) is 16.2 Å². The number of ether oxygens (including phenoxy) is 2. The summed E-state index contributed by atoms with van der Waals surface area (Å²) in [4.78, 5) is 13.8. The molecule has 1 amide bonds. The number of hydrogen-bond donors (Lipinski definition) is 1. The van der Waals surface area contributed by atoms with Crippen molar-refractivity contribution in [1.29, 1.82) is 0 Å². The maximum atomic E-state index is 11.6. The first-order chi connectivity index (χ1) is 10.7. The third-order valence-electron chi connectivity index (χ3n) is 2.97. The molecule has 0 aliphatic rings.